The third kappa shape index (κ3) is 5.34. The molecule has 7 heteroatoms. The summed E-state index contributed by atoms with van der Waals surface area (Å²) in [5.41, 5.74) is 0.714. The van der Waals surface area contributed by atoms with E-state index in [-0.39, 0.29) is 42.8 Å². The topological polar surface area (TPSA) is 70.7 Å². The van der Waals surface area contributed by atoms with E-state index in [0.29, 0.717) is 11.4 Å². The van der Waals surface area contributed by atoms with Crippen LogP contribution in [-0.4, -0.2) is 49.5 Å². The van der Waals surface area contributed by atoms with E-state index in [1.54, 1.807) is 12.1 Å². The zero-order valence-electron chi connectivity index (χ0n) is 14.5. The SMILES string of the molecule is CNCC1CCCN1C(=O)COc1cccc(NC(=O)C2CC2)c1.Cl. The Labute approximate surface area is 154 Å². The number of nitrogens with zero attached hydrogens (tertiary/aromatic N) is 1. The molecule has 0 aromatic heterocycles. The lowest BCUT2D eigenvalue weighted by Gasteiger charge is -2.24. The number of rotatable bonds is 7. The summed E-state index contributed by atoms with van der Waals surface area (Å²) < 4.78 is 5.64. The highest BCUT2D eigenvalue weighted by molar-refractivity contribution is 5.94. The van der Waals surface area contributed by atoms with Crippen molar-refractivity contribution in [3.63, 3.8) is 0 Å². The van der Waals surface area contributed by atoms with Gasteiger partial charge in [0.25, 0.3) is 5.91 Å². The van der Waals surface area contributed by atoms with E-state index in [4.69, 9.17) is 4.74 Å². The van der Waals surface area contributed by atoms with Gasteiger partial charge in [-0.05, 0) is 44.9 Å². The predicted octanol–water partition coefficient (Wildman–Crippen LogP) is 2.05. The highest BCUT2D eigenvalue weighted by Crippen LogP contribution is 2.30. The fourth-order valence-corrected chi connectivity index (χ4v) is 3.09. The number of nitrogens with one attached hydrogen (secondary N) is 2. The van der Waals surface area contributed by atoms with E-state index in [9.17, 15) is 9.59 Å². The first-order valence-electron chi connectivity index (χ1n) is 8.65. The van der Waals surface area contributed by atoms with Crippen molar-refractivity contribution in [1.82, 2.24) is 10.2 Å². The number of likely N-dealkylation sites (tertiary alicyclic amines) is 1. The van der Waals surface area contributed by atoms with Crippen LogP contribution in [0, 0.1) is 5.92 Å². The standard InChI is InChI=1S/C18H25N3O3.ClH/c1-19-11-15-5-3-9-21(15)17(22)12-24-16-6-2-4-14(10-16)20-18(23)13-7-8-13;/h2,4,6,10,13,15,19H,3,5,7-9,11-12H2,1H3,(H,20,23);1H. The Hall–Kier alpha value is -1.79. The van der Waals surface area contributed by atoms with Crippen LogP contribution in [0.4, 0.5) is 5.69 Å². The number of hydrogen-bond acceptors (Lipinski definition) is 4. The largest absolute Gasteiger partial charge is 0.484 e. The second-order valence-corrected chi connectivity index (χ2v) is 6.52. The van der Waals surface area contributed by atoms with Crippen LogP contribution in [0.3, 0.4) is 0 Å². The number of anilines is 1. The van der Waals surface area contributed by atoms with Gasteiger partial charge in [-0.1, -0.05) is 6.07 Å². The van der Waals surface area contributed by atoms with Crippen molar-refractivity contribution in [2.75, 3.05) is 32.1 Å². The number of carbonyl (C=O) groups excluding carboxylic acids is 2. The molecule has 2 fully saturated rings. The van der Waals surface area contributed by atoms with Gasteiger partial charge in [-0.25, -0.2) is 0 Å². The molecule has 25 heavy (non-hydrogen) atoms. The zero-order valence-corrected chi connectivity index (χ0v) is 15.3. The van der Waals surface area contributed by atoms with Gasteiger partial charge in [0, 0.05) is 36.8 Å². The molecule has 1 aromatic rings. The van der Waals surface area contributed by atoms with Crippen LogP contribution < -0.4 is 15.4 Å². The molecule has 6 nitrogen and oxygen atoms in total. The van der Waals surface area contributed by atoms with E-state index in [2.05, 4.69) is 10.6 Å². The number of likely N-dealkylation sites (N-methyl/N-ethyl adjacent to an activating group) is 1. The van der Waals surface area contributed by atoms with Gasteiger partial charge >= 0.3 is 0 Å². The summed E-state index contributed by atoms with van der Waals surface area (Å²) >= 11 is 0. The van der Waals surface area contributed by atoms with E-state index in [1.165, 1.54) is 0 Å². The molecule has 2 aliphatic rings. The summed E-state index contributed by atoms with van der Waals surface area (Å²) in [6.45, 7) is 1.64. The zero-order chi connectivity index (χ0) is 16.9. The summed E-state index contributed by atoms with van der Waals surface area (Å²) in [4.78, 5) is 26.1. The molecule has 2 amide bonds. The van der Waals surface area contributed by atoms with Gasteiger partial charge in [0.1, 0.15) is 5.75 Å². The molecular weight excluding hydrogens is 342 g/mol. The average Bonchev–Trinajstić information content (AvgIpc) is 3.33. The molecule has 1 saturated carbocycles. The molecule has 1 unspecified atom stereocenters. The smallest absolute Gasteiger partial charge is 0.260 e. The molecule has 0 spiro atoms. The Morgan fingerprint density at radius 1 is 1.28 bits per heavy atom. The van der Waals surface area contributed by atoms with Crippen molar-refractivity contribution in [1.29, 1.82) is 0 Å². The minimum absolute atomic E-state index is 0. The fourth-order valence-electron chi connectivity index (χ4n) is 3.09. The van der Waals surface area contributed by atoms with Crippen LogP contribution >= 0.6 is 12.4 Å². The molecule has 1 heterocycles. The van der Waals surface area contributed by atoms with Crippen LogP contribution in [0.25, 0.3) is 0 Å². The van der Waals surface area contributed by atoms with E-state index >= 15 is 0 Å². The molecule has 1 aliphatic heterocycles. The first kappa shape index (κ1) is 19.5. The number of halogens is 1. The van der Waals surface area contributed by atoms with Crippen molar-refractivity contribution >= 4 is 29.9 Å². The first-order valence-corrected chi connectivity index (χ1v) is 8.65. The van der Waals surface area contributed by atoms with Crippen molar-refractivity contribution in [3.05, 3.63) is 24.3 Å². The predicted molar refractivity (Wildman–Crippen MR) is 99.2 cm³/mol. The van der Waals surface area contributed by atoms with Gasteiger partial charge in [-0.15, -0.1) is 12.4 Å². The van der Waals surface area contributed by atoms with Crippen molar-refractivity contribution < 1.29 is 14.3 Å². The molecule has 2 N–H and O–H groups in total. The molecule has 0 bridgehead atoms. The van der Waals surface area contributed by atoms with Crippen LogP contribution in [0.5, 0.6) is 5.75 Å². The third-order valence-corrected chi connectivity index (χ3v) is 4.55. The summed E-state index contributed by atoms with van der Waals surface area (Å²) in [5, 5.41) is 6.02. The number of ether oxygens (including phenoxy) is 1. The van der Waals surface area contributed by atoms with Crippen LogP contribution in [0.1, 0.15) is 25.7 Å². The molecule has 1 aliphatic carbocycles. The van der Waals surface area contributed by atoms with Gasteiger partial charge in [-0.3, -0.25) is 9.59 Å². The monoisotopic (exact) mass is 367 g/mol. The second kappa shape index (κ2) is 9.06. The summed E-state index contributed by atoms with van der Waals surface area (Å²) in [6.07, 6.45) is 4.02. The van der Waals surface area contributed by atoms with Gasteiger partial charge in [-0.2, -0.15) is 0 Å². The Morgan fingerprint density at radius 2 is 2.08 bits per heavy atom. The molecule has 1 atom stereocenters. The molecule has 3 rings (SSSR count). The van der Waals surface area contributed by atoms with Crippen molar-refractivity contribution in [2.24, 2.45) is 5.92 Å². The van der Waals surface area contributed by atoms with E-state index < -0.39 is 0 Å². The van der Waals surface area contributed by atoms with E-state index in [1.807, 2.05) is 24.1 Å². The maximum Gasteiger partial charge on any atom is 0.260 e. The Kier molecular flexibility index (Phi) is 7.08. The lowest BCUT2D eigenvalue weighted by molar-refractivity contribution is -0.134. The maximum absolute atomic E-state index is 12.4. The fraction of sp³-hybridized carbons (Fsp3) is 0.556. The minimum Gasteiger partial charge on any atom is -0.484 e. The van der Waals surface area contributed by atoms with Gasteiger partial charge in [0.2, 0.25) is 5.91 Å². The number of hydrogen-bond donors (Lipinski definition) is 2. The van der Waals surface area contributed by atoms with Crippen LogP contribution in [-0.2, 0) is 9.59 Å². The Bertz CT molecular complexity index is 607. The van der Waals surface area contributed by atoms with Gasteiger partial charge < -0.3 is 20.3 Å². The highest BCUT2D eigenvalue weighted by atomic mass is 35.5. The average molecular weight is 368 g/mol. The maximum atomic E-state index is 12.4. The molecule has 0 radical (unpaired) electrons. The number of amides is 2. The number of carbonyl (C=O) groups is 2. The Morgan fingerprint density at radius 3 is 2.80 bits per heavy atom. The molecule has 1 aromatic carbocycles. The van der Waals surface area contributed by atoms with Crippen LogP contribution in [0.15, 0.2) is 24.3 Å². The van der Waals surface area contributed by atoms with E-state index in [0.717, 1.165) is 38.8 Å². The third-order valence-electron chi connectivity index (χ3n) is 4.55. The first-order chi connectivity index (χ1) is 11.7. The minimum atomic E-state index is 0. The van der Waals surface area contributed by atoms with Crippen molar-refractivity contribution in [2.45, 2.75) is 31.7 Å². The second-order valence-electron chi connectivity index (χ2n) is 6.52. The number of benzene rings is 1. The van der Waals surface area contributed by atoms with Crippen molar-refractivity contribution in [3.8, 4) is 5.75 Å². The summed E-state index contributed by atoms with van der Waals surface area (Å²) in [5.74, 6) is 0.840. The quantitative estimate of drug-likeness (QED) is 0.773. The van der Waals surface area contributed by atoms with Crippen LogP contribution in [0.2, 0.25) is 0 Å². The van der Waals surface area contributed by atoms with Gasteiger partial charge in [0.05, 0.1) is 0 Å². The highest BCUT2D eigenvalue weighted by Gasteiger charge is 2.30. The Balaban J connectivity index is 0.00000225. The van der Waals surface area contributed by atoms with Gasteiger partial charge in [0.15, 0.2) is 6.61 Å². The normalized spacial score (nSPS) is 19.2. The lowest BCUT2D eigenvalue weighted by atomic mass is 10.2. The molecule has 1 saturated heterocycles. The summed E-state index contributed by atoms with van der Waals surface area (Å²) in [7, 11) is 1.90. The lowest BCUT2D eigenvalue weighted by Crippen LogP contribution is -2.43. The summed E-state index contributed by atoms with van der Waals surface area (Å²) in [6, 6.07) is 7.48. The molecule has 138 valence electrons. The molecular formula is C18H26ClN3O3.